The van der Waals surface area contributed by atoms with E-state index < -0.39 is 5.97 Å². The van der Waals surface area contributed by atoms with E-state index in [1.54, 1.807) is 28.5 Å². The lowest BCUT2D eigenvalue weighted by Crippen LogP contribution is -2.14. The van der Waals surface area contributed by atoms with E-state index in [2.05, 4.69) is 11.1 Å². The Balaban J connectivity index is 2.03. The SMILES string of the molecule is N#Cc1ccc(C2CSc3ncc(C(=O)O)n32)cc1. The van der Waals surface area contributed by atoms with Crippen molar-refractivity contribution in [3.63, 3.8) is 0 Å². The Morgan fingerprint density at radius 2 is 2.21 bits per heavy atom. The number of nitriles is 1. The molecule has 0 spiro atoms. The van der Waals surface area contributed by atoms with Crippen LogP contribution in [-0.4, -0.2) is 26.4 Å². The number of rotatable bonds is 2. The highest BCUT2D eigenvalue weighted by Gasteiger charge is 2.29. The van der Waals surface area contributed by atoms with Gasteiger partial charge in [0.15, 0.2) is 5.16 Å². The van der Waals surface area contributed by atoms with E-state index in [4.69, 9.17) is 5.26 Å². The molecule has 0 fully saturated rings. The number of aromatic nitrogens is 2. The molecule has 5 nitrogen and oxygen atoms in total. The number of aromatic carboxylic acids is 1. The molecular weight excluding hydrogens is 262 g/mol. The predicted octanol–water partition coefficient (Wildman–Crippen LogP) is 2.15. The fraction of sp³-hybridized carbons (Fsp3) is 0.154. The fourth-order valence-corrected chi connectivity index (χ4v) is 3.30. The van der Waals surface area contributed by atoms with Gasteiger partial charge in [0.2, 0.25) is 0 Å². The number of benzene rings is 1. The van der Waals surface area contributed by atoms with Crippen LogP contribution in [0.15, 0.2) is 35.6 Å². The van der Waals surface area contributed by atoms with Gasteiger partial charge in [0.1, 0.15) is 5.69 Å². The van der Waals surface area contributed by atoms with Gasteiger partial charge in [-0.1, -0.05) is 23.9 Å². The fourth-order valence-electron chi connectivity index (χ4n) is 2.16. The maximum absolute atomic E-state index is 11.2. The van der Waals surface area contributed by atoms with Gasteiger partial charge in [0.25, 0.3) is 0 Å². The van der Waals surface area contributed by atoms with Crippen molar-refractivity contribution in [2.45, 2.75) is 11.2 Å². The second-order valence-electron chi connectivity index (χ2n) is 4.16. The van der Waals surface area contributed by atoms with Crippen molar-refractivity contribution < 1.29 is 9.90 Å². The Kier molecular flexibility index (Phi) is 2.76. The van der Waals surface area contributed by atoms with Crippen LogP contribution in [0.25, 0.3) is 0 Å². The number of carboxylic acids is 1. The molecule has 19 heavy (non-hydrogen) atoms. The van der Waals surface area contributed by atoms with Crippen LogP contribution in [0, 0.1) is 11.3 Å². The lowest BCUT2D eigenvalue weighted by Gasteiger charge is -2.14. The molecular formula is C13H9N3O2S. The Morgan fingerprint density at radius 1 is 1.47 bits per heavy atom. The summed E-state index contributed by atoms with van der Waals surface area (Å²) in [6, 6.07) is 9.25. The molecule has 2 heterocycles. The van der Waals surface area contributed by atoms with Gasteiger partial charge in [-0.25, -0.2) is 9.78 Å². The summed E-state index contributed by atoms with van der Waals surface area (Å²) >= 11 is 1.54. The van der Waals surface area contributed by atoms with Gasteiger partial charge in [-0.05, 0) is 17.7 Å². The minimum absolute atomic E-state index is 0.0404. The first-order chi connectivity index (χ1) is 9.20. The van der Waals surface area contributed by atoms with Crippen LogP contribution in [-0.2, 0) is 0 Å². The monoisotopic (exact) mass is 271 g/mol. The summed E-state index contributed by atoms with van der Waals surface area (Å²) in [5, 5.41) is 18.7. The molecule has 0 saturated heterocycles. The van der Waals surface area contributed by atoms with Crippen molar-refractivity contribution >= 4 is 17.7 Å². The van der Waals surface area contributed by atoms with Crippen LogP contribution in [0.2, 0.25) is 0 Å². The topological polar surface area (TPSA) is 78.9 Å². The van der Waals surface area contributed by atoms with E-state index in [0.29, 0.717) is 5.56 Å². The first-order valence-corrected chi connectivity index (χ1v) is 6.62. The zero-order valence-corrected chi connectivity index (χ0v) is 10.6. The van der Waals surface area contributed by atoms with Crippen LogP contribution in [0.1, 0.15) is 27.7 Å². The Morgan fingerprint density at radius 3 is 2.84 bits per heavy atom. The molecule has 1 N–H and O–H groups in total. The average Bonchev–Trinajstić information content (AvgIpc) is 2.99. The molecule has 6 heteroatoms. The molecule has 1 aromatic carbocycles. The highest BCUT2D eigenvalue weighted by molar-refractivity contribution is 7.99. The maximum Gasteiger partial charge on any atom is 0.354 e. The van der Waals surface area contributed by atoms with Crippen molar-refractivity contribution in [1.82, 2.24) is 9.55 Å². The molecule has 2 aromatic rings. The van der Waals surface area contributed by atoms with Crippen molar-refractivity contribution in [2.24, 2.45) is 0 Å². The van der Waals surface area contributed by atoms with Gasteiger partial charge in [-0.3, -0.25) is 0 Å². The lowest BCUT2D eigenvalue weighted by atomic mass is 10.1. The van der Waals surface area contributed by atoms with Gasteiger partial charge in [-0.15, -0.1) is 0 Å². The number of carboxylic acid groups (broad SMARTS) is 1. The van der Waals surface area contributed by atoms with Gasteiger partial charge in [0, 0.05) is 5.75 Å². The number of hydrogen-bond donors (Lipinski definition) is 1. The van der Waals surface area contributed by atoms with Crippen LogP contribution in [0.3, 0.4) is 0 Å². The van der Waals surface area contributed by atoms with E-state index in [-0.39, 0.29) is 11.7 Å². The number of fused-ring (bicyclic) bond motifs is 1. The minimum atomic E-state index is -0.972. The summed E-state index contributed by atoms with van der Waals surface area (Å²) in [7, 11) is 0. The van der Waals surface area contributed by atoms with Crippen molar-refractivity contribution in [3.05, 3.63) is 47.3 Å². The smallest absolute Gasteiger partial charge is 0.354 e. The normalized spacial score (nSPS) is 16.9. The van der Waals surface area contributed by atoms with Crippen molar-refractivity contribution in [2.75, 3.05) is 5.75 Å². The number of imidazole rings is 1. The second kappa shape index (κ2) is 4.44. The molecule has 3 rings (SSSR count). The molecule has 1 aliphatic rings. The maximum atomic E-state index is 11.2. The van der Waals surface area contributed by atoms with Gasteiger partial charge in [0.05, 0.1) is 23.9 Å². The number of carbonyl (C=O) groups is 1. The molecule has 0 aliphatic carbocycles. The van der Waals surface area contributed by atoms with E-state index in [9.17, 15) is 9.90 Å². The van der Waals surface area contributed by atoms with Gasteiger partial charge < -0.3 is 9.67 Å². The lowest BCUT2D eigenvalue weighted by molar-refractivity contribution is 0.0683. The first kappa shape index (κ1) is 11.8. The van der Waals surface area contributed by atoms with Crippen molar-refractivity contribution in [3.8, 4) is 6.07 Å². The minimum Gasteiger partial charge on any atom is -0.477 e. The molecule has 1 atom stereocenters. The molecule has 1 unspecified atom stereocenters. The van der Waals surface area contributed by atoms with Gasteiger partial charge >= 0.3 is 5.97 Å². The third-order valence-electron chi connectivity index (χ3n) is 3.09. The van der Waals surface area contributed by atoms with Crippen LogP contribution in [0.4, 0.5) is 0 Å². The molecule has 1 aliphatic heterocycles. The summed E-state index contributed by atoms with van der Waals surface area (Å²) in [5.41, 5.74) is 1.79. The Hall–Kier alpha value is -2.26. The highest BCUT2D eigenvalue weighted by Crippen LogP contribution is 2.37. The quantitative estimate of drug-likeness (QED) is 0.905. The number of hydrogen-bond acceptors (Lipinski definition) is 4. The molecule has 0 amide bonds. The third-order valence-corrected chi connectivity index (χ3v) is 4.13. The summed E-state index contributed by atoms with van der Waals surface area (Å²) in [5.74, 6) is -0.213. The Bertz CT molecular complexity index is 685. The molecule has 0 saturated carbocycles. The first-order valence-electron chi connectivity index (χ1n) is 5.64. The molecule has 94 valence electrons. The van der Waals surface area contributed by atoms with E-state index in [1.165, 1.54) is 6.20 Å². The largest absolute Gasteiger partial charge is 0.477 e. The Labute approximate surface area is 113 Å². The van der Waals surface area contributed by atoms with Gasteiger partial charge in [-0.2, -0.15) is 5.26 Å². The summed E-state index contributed by atoms with van der Waals surface area (Å²) in [6.45, 7) is 0. The van der Waals surface area contributed by atoms with Crippen molar-refractivity contribution in [1.29, 1.82) is 5.26 Å². The summed E-state index contributed by atoms with van der Waals surface area (Å²) < 4.78 is 1.74. The van der Waals surface area contributed by atoms with E-state index in [0.717, 1.165) is 16.5 Å². The highest BCUT2D eigenvalue weighted by atomic mass is 32.2. The second-order valence-corrected chi connectivity index (χ2v) is 5.15. The molecule has 0 radical (unpaired) electrons. The molecule has 0 bridgehead atoms. The standard InChI is InChI=1S/C13H9N3O2S/c14-5-8-1-3-9(4-2-8)11-7-19-13-15-6-10(12(17)18)16(11)13/h1-4,6,11H,7H2,(H,17,18). The average molecular weight is 271 g/mol. The zero-order valence-electron chi connectivity index (χ0n) is 9.78. The van der Waals surface area contributed by atoms with Crippen LogP contribution >= 0.6 is 11.8 Å². The summed E-state index contributed by atoms with van der Waals surface area (Å²) in [6.07, 6.45) is 1.39. The predicted molar refractivity (Wildman–Crippen MR) is 69.2 cm³/mol. The van der Waals surface area contributed by atoms with Crippen LogP contribution < -0.4 is 0 Å². The number of thioether (sulfide) groups is 1. The van der Waals surface area contributed by atoms with E-state index >= 15 is 0 Å². The summed E-state index contributed by atoms with van der Waals surface area (Å²) in [4.78, 5) is 15.3. The zero-order chi connectivity index (χ0) is 13.4. The third kappa shape index (κ3) is 1.88. The number of nitrogens with zero attached hydrogens (tertiary/aromatic N) is 3. The van der Waals surface area contributed by atoms with Crippen LogP contribution in [0.5, 0.6) is 0 Å². The van der Waals surface area contributed by atoms with E-state index in [1.807, 2.05) is 12.1 Å². The molecule has 1 aromatic heterocycles.